The van der Waals surface area contributed by atoms with Gasteiger partial charge in [0.15, 0.2) is 0 Å². The quantitative estimate of drug-likeness (QED) is 0.316. The summed E-state index contributed by atoms with van der Waals surface area (Å²) in [6.07, 6.45) is 0. The van der Waals surface area contributed by atoms with Gasteiger partial charge in [-0.1, -0.05) is 0 Å². The van der Waals surface area contributed by atoms with Gasteiger partial charge in [0.1, 0.15) is 0 Å². The average molecular weight is 108 g/mol. The Kier molecular flexibility index (Phi) is 4.63. The van der Waals surface area contributed by atoms with Gasteiger partial charge in [-0.3, -0.25) is 0 Å². The molecule has 0 saturated carbocycles. The maximum absolute atomic E-state index is 7.03. The van der Waals surface area contributed by atoms with Crippen molar-refractivity contribution in [1.82, 2.24) is 5.01 Å². The van der Waals surface area contributed by atoms with Crippen LogP contribution in [0.15, 0.2) is 0 Å². The SMILES string of the molecule is [Li+].[NH-]N1CCOCC1. The Morgan fingerprint density at radius 1 is 1.25 bits per heavy atom. The van der Waals surface area contributed by atoms with Crippen LogP contribution in [0.1, 0.15) is 0 Å². The largest absolute Gasteiger partial charge is 1.00 e. The second-order valence-corrected chi connectivity index (χ2v) is 1.60. The molecule has 0 unspecified atom stereocenters. The Bertz CT molecular complexity index is 56.0. The summed E-state index contributed by atoms with van der Waals surface area (Å²) in [6.45, 7) is 2.98. The Hall–Kier alpha value is 0.477. The van der Waals surface area contributed by atoms with Crippen molar-refractivity contribution in [2.75, 3.05) is 26.3 Å². The summed E-state index contributed by atoms with van der Waals surface area (Å²) in [5, 5.41) is 1.52. The Morgan fingerprint density at radius 3 is 2.00 bits per heavy atom. The van der Waals surface area contributed by atoms with Crippen LogP contribution in [0.25, 0.3) is 5.84 Å². The molecule has 3 nitrogen and oxygen atoms in total. The minimum absolute atomic E-state index is 0. The maximum Gasteiger partial charge on any atom is 1.00 e. The predicted molar refractivity (Wildman–Crippen MR) is 26.7 cm³/mol. The molecule has 4 heteroatoms. The van der Waals surface area contributed by atoms with Gasteiger partial charge in [-0.15, -0.1) is 0 Å². The minimum Gasteiger partial charge on any atom is -0.609 e. The average Bonchev–Trinajstić information content (AvgIpc) is 1.69. The molecule has 0 aromatic heterocycles. The molecule has 1 fully saturated rings. The van der Waals surface area contributed by atoms with Gasteiger partial charge in [-0.05, 0) is 0 Å². The molecule has 1 aliphatic rings. The third-order valence-electron chi connectivity index (χ3n) is 1.01. The van der Waals surface area contributed by atoms with Gasteiger partial charge >= 0.3 is 18.9 Å². The number of hydrogen-bond donors (Lipinski definition) is 0. The summed E-state index contributed by atoms with van der Waals surface area (Å²) < 4.78 is 4.98. The Balaban J connectivity index is 0.000000490. The van der Waals surface area contributed by atoms with Crippen molar-refractivity contribution >= 4 is 0 Å². The standard InChI is InChI=1S/C4H9N2O.Li/c5-6-1-3-7-4-2-6;/h5H,1-4H2;/q-1;+1. The van der Waals surface area contributed by atoms with Crippen molar-refractivity contribution < 1.29 is 23.6 Å². The van der Waals surface area contributed by atoms with Crippen LogP contribution in [-0.4, -0.2) is 31.3 Å². The van der Waals surface area contributed by atoms with E-state index in [1.807, 2.05) is 0 Å². The van der Waals surface area contributed by atoms with Crippen LogP contribution in [0.3, 0.4) is 0 Å². The van der Waals surface area contributed by atoms with Crippen LogP contribution in [0, 0.1) is 0 Å². The summed E-state index contributed by atoms with van der Waals surface area (Å²) in [4.78, 5) is 0. The first kappa shape index (κ1) is 8.48. The normalized spacial score (nSPS) is 22.1. The number of morpholine rings is 1. The van der Waals surface area contributed by atoms with Crippen molar-refractivity contribution in [1.29, 1.82) is 0 Å². The number of rotatable bonds is 0. The fraction of sp³-hybridized carbons (Fsp3) is 1.00. The zero-order valence-electron chi connectivity index (χ0n) is 5.18. The van der Waals surface area contributed by atoms with Gasteiger partial charge in [0.25, 0.3) is 0 Å². The molecule has 0 radical (unpaired) electrons. The van der Waals surface area contributed by atoms with E-state index in [0.29, 0.717) is 0 Å². The zero-order valence-corrected chi connectivity index (χ0v) is 5.18. The third kappa shape index (κ3) is 2.70. The van der Waals surface area contributed by atoms with E-state index in [-0.39, 0.29) is 18.9 Å². The molecule has 0 amide bonds. The fourth-order valence-corrected chi connectivity index (χ4v) is 0.563. The number of ether oxygens (including phenoxy) is 1. The van der Waals surface area contributed by atoms with Crippen molar-refractivity contribution in [3.8, 4) is 0 Å². The van der Waals surface area contributed by atoms with Crippen molar-refractivity contribution in [3.05, 3.63) is 5.84 Å². The van der Waals surface area contributed by atoms with Crippen LogP contribution in [0.5, 0.6) is 0 Å². The molecular weight excluding hydrogens is 99.0 g/mol. The first-order chi connectivity index (χ1) is 3.39. The first-order valence-corrected chi connectivity index (χ1v) is 2.43. The van der Waals surface area contributed by atoms with Gasteiger partial charge < -0.3 is 15.6 Å². The van der Waals surface area contributed by atoms with Gasteiger partial charge in [0, 0.05) is 13.1 Å². The van der Waals surface area contributed by atoms with Gasteiger partial charge in [0.2, 0.25) is 0 Å². The maximum atomic E-state index is 7.03. The first-order valence-electron chi connectivity index (χ1n) is 2.43. The Labute approximate surface area is 61.3 Å². The zero-order chi connectivity index (χ0) is 5.11. The van der Waals surface area contributed by atoms with E-state index < -0.39 is 0 Å². The van der Waals surface area contributed by atoms with Gasteiger partial charge in [-0.25, -0.2) is 0 Å². The topological polar surface area (TPSA) is 36.3 Å². The van der Waals surface area contributed by atoms with Gasteiger partial charge in [-0.2, -0.15) is 0 Å². The molecule has 0 atom stereocenters. The molecule has 0 aromatic carbocycles. The van der Waals surface area contributed by atoms with Crippen LogP contribution in [-0.2, 0) is 4.74 Å². The molecular formula is C4H9LiN2O. The monoisotopic (exact) mass is 108 g/mol. The summed E-state index contributed by atoms with van der Waals surface area (Å²) >= 11 is 0. The molecule has 1 rings (SSSR count). The molecule has 0 spiro atoms. The molecule has 8 heavy (non-hydrogen) atoms. The number of nitrogens with zero attached hydrogens (tertiary/aromatic N) is 1. The minimum atomic E-state index is 0. The second-order valence-electron chi connectivity index (χ2n) is 1.60. The molecule has 1 aliphatic heterocycles. The molecule has 1 saturated heterocycles. The molecule has 0 aromatic rings. The molecule has 1 heterocycles. The molecule has 42 valence electrons. The fourth-order valence-electron chi connectivity index (χ4n) is 0.563. The molecule has 1 N–H and O–H groups in total. The molecule has 0 bridgehead atoms. The smallest absolute Gasteiger partial charge is 0.609 e. The summed E-state index contributed by atoms with van der Waals surface area (Å²) in [6, 6.07) is 0. The van der Waals surface area contributed by atoms with E-state index in [0.717, 1.165) is 26.3 Å². The van der Waals surface area contributed by atoms with E-state index in [9.17, 15) is 0 Å². The Morgan fingerprint density at radius 2 is 1.75 bits per heavy atom. The van der Waals surface area contributed by atoms with Crippen LogP contribution in [0.4, 0.5) is 0 Å². The van der Waals surface area contributed by atoms with E-state index in [1.165, 1.54) is 5.01 Å². The number of nitrogens with one attached hydrogen (secondary N) is 1. The third-order valence-corrected chi connectivity index (χ3v) is 1.01. The van der Waals surface area contributed by atoms with Crippen LogP contribution in [0.2, 0.25) is 0 Å². The van der Waals surface area contributed by atoms with E-state index in [1.54, 1.807) is 0 Å². The van der Waals surface area contributed by atoms with Crippen LogP contribution >= 0.6 is 0 Å². The second kappa shape index (κ2) is 4.37. The van der Waals surface area contributed by atoms with E-state index >= 15 is 0 Å². The van der Waals surface area contributed by atoms with Gasteiger partial charge in [0.05, 0.1) is 13.2 Å². The van der Waals surface area contributed by atoms with Crippen molar-refractivity contribution in [2.45, 2.75) is 0 Å². The van der Waals surface area contributed by atoms with Crippen molar-refractivity contribution in [2.24, 2.45) is 0 Å². The van der Waals surface area contributed by atoms with E-state index in [4.69, 9.17) is 10.6 Å². The summed E-state index contributed by atoms with van der Waals surface area (Å²) in [5.74, 6) is 7.03. The summed E-state index contributed by atoms with van der Waals surface area (Å²) in [7, 11) is 0. The van der Waals surface area contributed by atoms with Crippen LogP contribution < -0.4 is 18.9 Å². The van der Waals surface area contributed by atoms with Crippen molar-refractivity contribution in [3.63, 3.8) is 0 Å². The summed E-state index contributed by atoms with van der Waals surface area (Å²) in [5.41, 5.74) is 0. The van der Waals surface area contributed by atoms with E-state index in [2.05, 4.69) is 0 Å². The molecule has 0 aliphatic carbocycles. The predicted octanol–water partition coefficient (Wildman–Crippen LogP) is -2.71. The number of hydrogen-bond acceptors (Lipinski definition) is 2.